The van der Waals surface area contributed by atoms with Crippen LogP contribution in [0.15, 0.2) is 24.3 Å². The molecule has 0 saturated heterocycles. The molecule has 0 aliphatic carbocycles. The summed E-state index contributed by atoms with van der Waals surface area (Å²) < 4.78 is 40.4. The molecule has 1 nitrogen and oxygen atoms in total. The Kier molecular flexibility index (Phi) is 11.7. The minimum atomic E-state index is -4.64. The summed E-state index contributed by atoms with van der Waals surface area (Å²) in [6, 6.07) is 6.30. The maximum atomic E-state index is 12.2. The highest BCUT2D eigenvalue weighted by Gasteiger charge is 2.36. The summed E-state index contributed by atoms with van der Waals surface area (Å²) in [6.07, 6.45) is -4.64. The largest absolute Gasteiger partial charge is 0.573 e. The van der Waals surface area contributed by atoms with E-state index >= 15 is 0 Å². The molecule has 0 aliphatic heterocycles. The summed E-state index contributed by atoms with van der Waals surface area (Å²) in [6.45, 7) is 30.5. The van der Waals surface area contributed by atoms with Gasteiger partial charge in [0.1, 0.15) is 5.75 Å². The van der Waals surface area contributed by atoms with Crippen LogP contribution >= 0.6 is 7.92 Å². The van der Waals surface area contributed by atoms with Gasteiger partial charge in [-0.3, -0.25) is 0 Å². The van der Waals surface area contributed by atoms with E-state index in [1.165, 1.54) is 12.1 Å². The van der Waals surface area contributed by atoms with Gasteiger partial charge in [-0.25, -0.2) is 0 Å². The predicted octanol–water partition coefficient (Wildman–Crippen LogP) is 9.39. The van der Waals surface area contributed by atoms with Gasteiger partial charge in [0.15, 0.2) is 0 Å². The van der Waals surface area contributed by atoms with E-state index in [0.29, 0.717) is 10.8 Å². The quantitative estimate of drug-likeness (QED) is 0.408. The molecule has 30 heavy (non-hydrogen) atoms. The summed E-state index contributed by atoms with van der Waals surface area (Å²) in [5.74, 6) is -0.168. The van der Waals surface area contributed by atoms with Crippen molar-refractivity contribution in [2.24, 2.45) is 10.8 Å². The fraction of sp³-hybridized carbons (Fsp3) is 0.760. The molecule has 0 aromatic heterocycles. The van der Waals surface area contributed by atoms with E-state index in [2.05, 4.69) is 102 Å². The molecular formula is C25H46F3OP. The number of halogens is 3. The molecule has 0 bridgehead atoms. The van der Waals surface area contributed by atoms with E-state index in [1.54, 1.807) is 12.1 Å². The van der Waals surface area contributed by atoms with Gasteiger partial charge in [0.05, 0.1) is 0 Å². The summed E-state index contributed by atoms with van der Waals surface area (Å²) in [7, 11) is -0.520. The Morgan fingerprint density at radius 1 is 0.567 bits per heavy atom. The first-order valence-corrected chi connectivity index (χ1v) is 11.8. The molecule has 0 saturated carbocycles. The Labute approximate surface area is 185 Å². The monoisotopic (exact) mass is 450 g/mol. The first kappa shape index (κ1) is 31.4. The maximum absolute atomic E-state index is 12.2. The molecule has 0 radical (unpaired) electrons. The van der Waals surface area contributed by atoms with Crippen LogP contribution < -0.4 is 10.0 Å². The first-order valence-electron chi connectivity index (χ1n) is 10.5. The Hall–Kier alpha value is -0.760. The van der Waals surface area contributed by atoms with Gasteiger partial charge in [0, 0.05) is 0 Å². The van der Waals surface area contributed by atoms with Crippen molar-refractivity contribution in [1.29, 1.82) is 0 Å². The number of benzene rings is 1. The zero-order chi connectivity index (χ0) is 24.8. The number of hydrogen-bond acceptors (Lipinski definition) is 1. The van der Waals surface area contributed by atoms with Crippen LogP contribution in [-0.2, 0) is 0 Å². The number of alkyl halides is 3. The first-order chi connectivity index (χ1) is 12.8. The molecule has 5 heteroatoms. The molecule has 0 N–H and O–H groups in total. The molecular weight excluding hydrogens is 404 g/mol. The molecule has 1 aromatic rings. The molecule has 0 aliphatic rings. The van der Waals surface area contributed by atoms with Crippen molar-refractivity contribution in [3.05, 3.63) is 24.3 Å². The van der Waals surface area contributed by atoms with Crippen LogP contribution in [0.2, 0.25) is 0 Å². The van der Waals surface area contributed by atoms with Crippen molar-refractivity contribution in [1.82, 2.24) is 0 Å². The maximum Gasteiger partial charge on any atom is 0.573 e. The highest BCUT2D eigenvalue weighted by molar-refractivity contribution is 7.68. The standard InChI is InChI=1S/C15H22F3OP.2C5H12/c1-13(2,3)20(14(4,5)6)12-9-7-11(8-10-12)19-15(16,17)18;2*1-5(2,3)4/h7-10H,1-6H3;2*1-4H3. The molecule has 0 atom stereocenters. The predicted molar refractivity (Wildman–Crippen MR) is 129 cm³/mol. The second kappa shape index (κ2) is 11.2. The number of ether oxygens (including phenoxy) is 1. The highest BCUT2D eigenvalue weighted by atomic mass is 31.1. The average Bonchev–Trinajstić information content (AvgIpc) is 2.31. The van der Waals surface area contributed by atoms with Crippen LogP contribution in [0.4, 0.5) is 13.2 Å². The van der Waals surface area contributed by atoms with E-state index in [1.807, 2.05) is 0 Å². The summed E-state index contributed by atoms with van der Waals surface area (Å²) in [5.41, 5.74) is 1.00. The molecule has 1 aromatic carbocycles. The Morgan fingerprint density at radius 3 is 1.03 bits per heavy atom. The van der Waals surface area contributed by atoms with Crippen LogP contribution in [-0.4, -0.2) is 16.7 Å². The van der Waals surface area contributed by atoms with Gasteiger partial charge in [0.2, 0.25) is 0 Å². The van der Waals surface area contributed by atoms with Crippen LogP contribution in [0, 0.1) is 10.8 Å². The molecule has 0 unspecified atom stereocenters. The third-order valence-electron chi connectivity index (χ3n) is 2.67. The lowest BCUT2D eigenvalue weighted by molar-refractivity contribution is -0.274. The molecule has 0 spiro atoms. The van der Waals surface area contributed by atoms with Gasteiger partial charge in [-0.15, -0.1) is 13.2 Å². The lowest BCUT2D eigenvalue weighted by atomic mass is 10.0. The zero-order valence-corrected chi connectivity index (χ0v) is 22.7. The van der Waals surface area contributed by atoms with E-state index in [-0.39, 0.29) is 16.1 Å². The Bertz CT molecular complexity index is 554. The van der Waals surface area contributed by atoms with Crippen LogP contribution in [0.5, 0.6) is 5.75 Å². The second-order valence-electron chi connectivity index (χ2n) is 12.7. The average molecular weight is 451 g/mol. The van der Waals surface area contributed by atoms with Crippen molar-refractivity contribution in [2.45, 2.75) is 114 Å². The number of rotatable bonds is 2. The van der Waals surface area contributed by atoms with Crippen molar-refractivity contribution in [2.75, 3.05) is 0 Å². The molecule has 0 amide bonds. The highest BCUT2D eigenvalue weighted by Crippen LogP contribution is 2.58. The van der Waals surface area contributed by atoms with Crippen LogP contribution in [0.1, 0.15) is 96.9 Å². The van der Waals surface area contributed by atoms with Crippen molar-refractivity contribution in [3.8, 4) is 5.75 Å². The van der Waals surface area contributed by atoms with Crippen LogP contribution in [0.25, 0.3) is 0 Å². The van der Waals surface area contributed by atoms with E-state index in [9.17, 15) is 13.2 Å². The van der Waals surface area contributed by atoms with E-state index in [4.69, 9.17) is 0 Å². The van der Waals surface area contributed by atoms with Gasteiger partial charge in [-0.1, -0.05) is 117 Å². The molecule has 178 valence electrons. The van der Waals surface area contributed by atoms with E-state index < -0.39 is 14.3 Å². The van der Waals surface area contributed by atoms with Crippen molar-refractivity contribution < 1.29 is 17.9 Å². The molecule has 0 heterocycles. The van der Waals surface area contributed by atoms with Gasteiger partial charge in [0.25, 0.3) is 0 Å². The van der Waals surface area contributed by atoms with Gasteiger partial charge < -0.3 is 4.74 Å². The SMILES string of the molecule is CC(C)(C)C.CC(C)(C)C.CC(C)(C)P(c1ccc(OC(F)(F)F)cc1)C(C)(C)C. The summed E-state index contributed by atoms with van der Waals surface area (Å²) in [4.78, 5) is 0. The zero-order valence-electron chi connectivity index (χ0n) is 21.8. The Morgan fingerprint density at radius 2 is 0.833 bits per heavy atom. The van der Waals surface area contributed by atoms with Gasteiger partial charge >= 0.3 is 6.36 Å². The van der Waals surface area contributed by atoms with Crippen molar-refractivity contribution in [3.63, 3.8) is 0 Å². The smallest absolute Gasteiger partial charge is 0.406 e. The number of hydrogen-bond donors (Lipinski definition) is 0. The van der Waals surface area contributed by atoms with Crippen molar-refractivity contribution >= 4 is 13.2 Å². The summed E-state index contributed by atoms with van der Waals surface area (Å²) >= 11 is 0. The van der Waals surface area contributed by atoms with Gasteiger partial charge in [-0.2, -0.15) is 0 Å². The third kappa shape index (κ3) is 20.5. The lowest BCUT2D eigenvalue weighted by Gasteiger charge is -2.41. The topological polar surface area (TPSA) is 9.23 Å². The minimum Gasteiger partial charge on any atom is -0.406 e. The fourth-order valence-electron chi connectivity index (χ4n) is 2.58. The molecule has 0 fully saturated rings. The third-order valence-corrected chi connectivity index (χ3v) is 6.17. The van der Waals surface area contributed by atoms with Gasteiger partial charge in [-0.05, 0) is 38.6 Å². The fourth-order valence-corrected chi connectivity index (χ4v) is 6.59. The summed E-state index contributed by atoms with van der Waals surface area (Å²) in [5, 5.41) is 1.26. The lowest BCUT2D eigenvalue weighted by Crippen LogP contribution is -2.31. The minimum absolute atomic E-state index is 0.0833. The molecule has 1 rings (SSSR count). The van der Waals surface area contributed by atoms with Crippen LogP contribution in [0.3, 0.4) is 0 Å². The second-order valence-corrected chi connectivity index (χ2v) is 16.6. The Balaban J connectivity index is 0. The normalized spacial score (nSPS) is 13.1. The van der Waals surface area contributed by atoms with E-state index in [0.717, 1.165) is 5.30 Å².